The number of hydrogen-bond donors (Lipinski definition) is 2. The number of aliphatic carboxylic acids is 1. The fourth-order valence-corrected chi connectivity index (χ4v) is 1.75. The highest BCUT2D eigenvalue weighted by atomic mass is 35.5. The topological polar surface area (TPSA) is 75.6 Å². The van der Waals surface area contributed by atoms with E-state index in [0.717, 1.165) is 5.56 Å². The van der Waals surface area contributed by atoms with Crippen molar-refractivity contribution in [3.63, 3.8) is 0 Å². The molecule has 1 unspecified atom stereocenters. The molecule has 0 saturated heterocycles. The Labute approximate surface area is 122 Å². The zero-order valence-corrected chi connectivity index (χ0v) is 12.2. The lowest BCUT2D eigenvalue weighted by atomic mass is 10.1. The van der Waals surface area contributed by atoms with Gasteiger partial charge in [0.15, 0.2) is 6.61 Å². The molecule has 0 bridgehead atoms. The molecule has 1 aromatic rings. The van der Waals surface area contributed by atoms with Crippen molar-refractivity contribution in [1.29, 1.82) is 0 Å². The maximum absolute atomic E-state index is 11.7. The molecule has 0 spiro atoms. The van der Waals surface area contributed by atoms with Gasteiger partial charge in [-0.05, 0) is 37.1 Å². The second kappa shape index (κ2) is 7.75. The number of aryl methyl sites for hydroxylation is 1. The number of rotatable bonds is 7. The summed E-state index contributed by atoms with van der Waals surface area (Å²) in [4.78, 5) is 22.3. The lowest BCUT2D eigenvalue weighted by Gasteiger charge is -2.15. The van der Waals surface area contributed by atoms with Crippen molar-refractivity contribution in [1.82, 2.24) is 5.32 Å². The lowest BCUT2D eigenvalue weighted by molar-refractivity contribution is -0.137. The molecule has 0 aromatic heterocycles. The van der Waals surface area contributed by atoms with Gasteiger partial charge in [0.25, 0.3) is 5.91 Å². The Morgan fingerprint density at radius 1 is 1.45 bits per heavy atom. The van der Waals surface area contributed by atoms with E-state index in [-0.39, 0.29) is 25.0 Å². The Balaban J connectivity index is 2.46. The third-order valence-electron chi connectivity index (χ3n) is 2.78. The van der Waals surface area contributed by atoms with Crippen LogP contribution in [0.25, 0.3) is 0 Å². The van der Waals surface area contributed by atoms with Gasteiger partial charge in [-0.15, -0.1) is 0 Å². The van der Waals surface area contributed by atoms with Crippen LogP contribution in [0.4, 0.5) is 0 Å². The molecule has 0 heterocycles. The van der Waals surface area contributed by atoms with Crippen molar-refractivity contribution >= 4 is 23.5 Å². The van der Waals surface area contributed by atoms with E-state index in [1.165, 1.54) is 0 Å². The SMILES string of the molecule is CCC(CC(=O)O)NC(=O)COc1ccc(Cl)c(C)c1. The van der Waals surface area contributed by atoms with Gasteiger partial charge in [0.1, 0.15) is 5.75 Å². The summed E-state index contributed by atoms with van der Waals surface area (Å²) in [7, 11) is 0. The van der Waals surface area contributed by atoms with Crippen molar-refractivity contribution in [2.45, 2.75) is 32.7 Å². The standard InChI is InChI=1S/C14H18ClNO4/c1-3-10(7-14(18)19)16-13(17)8-20-11-4-5-12(15)9(2)6-11/h4-6,10H,3,7-8H2,1-2H3,(H,16,17)(H,18,19). The number of hydrogen-bond acceptors (Lipinski definition) is 3. The Morgan fingerprint density at radius 3 is 2.70 bits per heavy atom. The minimum absolute atomic E-state index is 0.0949. The summed E-state index contributed by atoms with van der Waals surface area (Å²) in [6.07, 6.45) is 0.459. The van der Waals surface area contributed by atoms with Gasteiger partial charge in [-0.1, -0.05) is 18.5 Å². The number of ether oxygens (including phenoxy) is 1. The van der Waals surface area contributed by atoms with E-state index >= 15 is 0 Å². The average Bonchev–Trinajstić information content (AvgIpc) is 2.39. The number of benzene rings is 1. The van der Waals surface area contributed by atoms with Gasteiger partial charge in [-0.3, -0.25) is 9.59 Å². The van der Waals surface area contributed by atoms with Crippen LogP contribution in [0.3, 0.4) is 0 Å². The fourth-order valence-electron chi connectivity index (χ4n) is 1.63. The van der Waals surface area contributed by atoms with E-state index in [2.05, 4.69) is 5.32 Å². The van der Waals surface area contributed by atoms with Gasteiger partial charge in [0.2, 0.25) is 0 Å². The van der Waals surface area contributed by atoms with Gasteiger partial charge in [0, 0.05) is 11.1 Å². The molecule has 20 heavy (non-hydrogen) atoms. The molecule has 0 saturated carbocycles. The van der Waals surface area contributed by atoms with Crippen molar-refractivity contribution < 1.29 is 19.4 Å². The summed E-state index contributed by atoms with van der Waals surface area (Å²) in [5.74, 6) is -0.731. The number of carboxylic acids is 1. The minimum atomic E-state index is -0.939. The number of carbonyl (C=O) groups is 2. The van der Waals surface area contributed by atoms with Crippen LogP contribution in [-0.4, -0.2) is 29.6 Å². The molecule has 1 atom stereocenters. The molecule has 1 rings (SSSR count). The molecular weight excluding hydrogens is 282 g/mol. The fraction of sp³-hybridized carbons (Fsp3) is 0.429. The van der Waals surface area contributed by atoms with Crippen LogP contribution in [0.1, 0.15) is 25.3 Å². The summed E-state index contributed by atoms with van der Waals surface area (Å²) < 4.78 is 5.34. The summed E-state index contributed by atoms with van der Waals surface area (Å²) in [6.45, 7) is 3.50. The molecule has 5 nitrogen and oxygen atoms in total. The first-order valence-corrected chi connectivity index (χ1v) is 6.70. The highest BCUT2D eigenvalue weighted by Crippen LogP contribution is 2.20. The van der Waals surface area contributed by atoms with Crippen molar-refractivity contribution in [2.75, 3.05) is 6.61 Å². The van der Waals surface area contributed by atoms with Gasteiger partial charge in [-0.25, -0.2) is 0 Å². The number of carbonyl (C=O) groups excluding carboxylic acids is 1. The number of nitrogens with one attached hydrogen (secondary N) is 1. The molecule has 0 radical (unpaired) electrons. The monoisotopic (exact) mass is 299 g/mol. The summed E-state index contributed by atoms with van der Waals surface area (Å²) >= 11 is 5.89. The molecule has 6 heteroatoms. The molecular formula is C14H18ClNO4. The molecule has 1 amide bonds. The predicted molar refractivity (Wildman–Crippen MR) is 76.2 cm³/mol. The Morgan fingerprint density at radius 2 is 2.15 bits per heavy atom. The maximum Gasteiger partial charge on any atom is 0.305 e. The third kappa shape index (κ3) is 5.48. The summed E-state index contributed by atoms with van der Waals surface area (Å²) in [6, 6.07) is 4.74. The van der Waals surface area contributed by atoms with Gasteiger partial charge in [0.05, 0.1) is 6.42 Å². The van der Waals surface area contributed by atoms with Crippen LogP contribution in [-0.2, 0) is 9.59 Å². The molecule has 0 aliphatic heterocycles. The van der Waals surface area contributed by atoms with Crippen LogP contribution >= 0.6 is 11.6 Å². The summed E-state index contributed by atoms with van der Waals surface area (Å²) in [5, 5.41) is 12.0. The van der Waals surface area contributed by atoms with E-state index < -0.39 is 5.97 Å². The first-order chi connectivity index (χ1) is 9.42. The predicted octanol–water partition coefficient (Wildman–Crippen LogP) is 2.40. The van der Waals surface area contributed by atoms with Crippen molar-refractivity contribution in [3.8, 4) is 5.75 Å². The number of amides is 1. The molecule has 110 valence electrons. The van der Waals surface area contributed by atoms with Crippen molar-refractivity contribution in [2.24, 2.45) is 0 Å². The largest absolute Gasteiger partial charge is 0.484 e. The van der Waals surface area contributed by atoms with Gasteiger partial charge in [-0.2, -0.15) is 0 Å². The Kier molecular flexibility index (Phi) is 6.31. The van der Waals surface area contributed by atoms with E-state index in [1.54, 1.807) is 18.2 Å². The molecule has 0 fully saturated rings. The zero-order chi connectivity index (χ0) is 15.1. The van der Waals surface area contributed by atoms with Crippen molar-refractivity contribution in [3.05, 3.63) is 28.8 Å². The first kappa shape index (κ1) is 16.3. The average molecular weight is 300 g/mol. The second-order valence-electron chi connectivity index (χ2n) is 4.47. The maximum atomic E-state index is 11.7. The Bertz CT molecular complexity index is 490. The number of halogens is 1. The van der Waals surface area contributed by atoms with E-state index in [9.17, 15) is 9.59 Å². The normalized spacial score (nSPS) is 11.8. The van der Waals surface area contributed by atoms with Gasteiger partial charge < -0.3 is 15.2 Å². The second-order valence-corrected chi connectivity index (χ2v) is 4.88. The first-order valence-electron chi connectivity index (χ1n) is 6.32. The van der Waals surface area contributed by atoms with E-state index in [1.807, 2.05) is 13.8 Å². The highest BCUT2D eigenvalue weighted by molar-refractivity contribution is 6.31. The highest BCUT2D eigenvalue weighted by Gasteiger charge is 2.14. The molecule has 0 aliphatic rings. The molecule has 1 aromatic carbocycles. The Hall–Kier alpha value is -1.75. The van der Waals surface area contributed by atoms with Crippen LogP contribution in [0.15, 0.2) is 18.2 Å². The minimum Gasteiger partial charge on any atom is -0.484 e. The lowest BCUT2D eigenvalue weighted by Crippen LogP contribution is -2.38. The molecule has 0 aliphatic carbocycles. The smallest absolute Gasteiger partial charge is 0.305 e. The van der Waals surface area contributed by atoms with E-state index in [4.69, 9.17) is 21.4 Å². The molecule has 2 N–H and O–H groups in total. The third-order valence-corrected chi connectivity index (χ3v) is 3.20. The number of carboxylic acid groups (broad SMARTS) is 1. The van der Waals surface area contributed by atoms with Crippen LogP contribution in [0.5, 0.6) is 5.75 Å². The van der Waals surface area contributed by atoms with Crippen LogP contribution < -0.4 is 10.1 Å². The summed E-state index contributed by atoms with van der Waals surface area (Å²) in [5.41, 5.74) is 0.863. The van der Waals surface area contributed by atoms with Gasteiger partial charge >= 0.3 is 5.97 Å². The quantitative estimate of drug-likeness (QED) is 0.810. The zero-order valence-electron chi connectivity index (χ0n) is 11.5. The van der Waals surface area contributed by atoms with Crippen LogP contribution in [0.2, 0.25) is 5.02 Å². The van der Waals surface area contributed by atoms with Crippen LogP contribution in [0, 0.1) is 6.92 Å². The van der Waals surface area contributed by atoms with E-state index in [0.29, 0.717) is 17.2 Å².